The van der Waals surface area contributed by atoms with Crippen molar-refractivity contribution in [3.63, 3.8) is 0 Å². The largest absolute Gasteiger partial charge is 0.253 e. The van der Waals surface area contributed by atoms with E-state index in [4.69, 9.17) is 11.6 Å². The lowest BCUT2D eigenvalue weighted by atomic mass is 10.1. The first kappa shape index (κ1) is 9.47. The first-order chi connectivity index (χ1) is 6.59. The van der Waals surface area contributed by atoms with Gasteiger partial charge in [-0.25, -0.2) is 0 Å². The van der Waals surface area contributed by atoms with Crippen LogP contribution in [0.1, 0.15) is 16.8 Å². The molecule has 14 heavy (non-hydrogen) atoms. The summed E-state index contributed by atoms with van der Waals surface area (Å²) < 4.78 is 0. The van der Waals surface area contributed by atoms with E-state index in [9.17, 15) is 0 Å². The van der Waals surface area contributed by atoms with Gasteiger partial charge in [-0.1, -0.05) is 23.7 Å². The Morgan fingerprint density at radius 2 is 1.86 bits per heavy atom. The second-order valence-electron chi connectivity index (χ2n) is 3.65. The van der Waals surface area contributed by atoms with Crippen LogP contribution in [-0.4, -0.2) is 4.98 Å². The molecule has 2 rings (SSSR count). The van der Waals surface area contributed by atoms with Gasteiger partial charge in [-0.3, -0.25) is 4.98 Å². The highest BCUT2D eigenvalue weighted by molar-refractivity contribution is 6.35. The molecule has 0 N–H and O–H groups in total. The Balaban J connectivity index is 2.95. The number of aryl methyl sites for hydroxylation is 3. The molecule has 0 aliphatic carbocycles. The van der Waals surface area contributed by atoms with E-state index in [0.717, 1.165) is 21.6 Å². The van der Waals surface area contributed by atoms with Gasteiger partial charge in [0, 0.05) is 11.1 Å². The minimum absolute atomic E-state index is 0.788. The van der Waals surface area contributed by atoms with E-state index in [2.05, 4.69) is 24.9 Å². The van der Waals surface area contributed by atoms with E-state index in [1.807, 2.05) is 19.1 Å². The Kier molecular flexibility index (Phi) is 2.20. The number of hydrogen-bond acceptors (Lipinski definition) is 1. The van der Waals surface area contributed by atoms with Gasteiger partial charge in [-0.05, 0) is 38.0 Å². The van der Waals surface area contributed by atoms with Crippen LogP contribution in [0.4, 0.5) is 0 Å². The van der Waals surface area contributed by atoms with Crippen molar-refractivity contribution in [2.24, 2.45) is 0 Å². The van der Waals surface area contributed by atoms with Crippen molar-refractivity contribution < 1.29 is 0 Å². The normalized spacial score (nSPS) is 10.9. The Morgan fingerprint density at radius 3 is 2.57 bits per heavy atom. The number of halogens is 1. The quantitative estimate of drug-likeness (QED) is 0.637. The molecule has 0 saturated heterocycles. The summed E-state index contributed by atoms with van der Waals surface area (Å²) in [5.41, 5.74) is 4.46. The Hall–Kier alpha value is -1.08. The minimum Gasteiger partial charge on any atom is -0.253 e. The van der Waals surface area contributed by atoms with E-state index in [0.29, 0.717) is 0 Å². The zero-order valence-corrected chi connectivity index (χ0v) is 9.31. The fourth-order valence-electron chi connectivity index (χ4n) is 1.61. The lowest BCUT2D eigenvalue weighted by molar-refractivity contribution is 1.23. The van der Waals surface area contributed by atoms with Crippen LogP contribution in [0.3, 0.4) is 0 Å². The highest BCUT2D eigenvalue weighted by Gasteiger charge is 2.05. The summed E-state index contributed by atoms with van der Waals surface area (Å²) in [7, 11) is 0. The summed E-state index contributed by atoms with van der Waals surface area (Å²) in [6, 6.07) is 6.02. The molecule has 0 atom stereocenters. The molecule has 1 heterocycles. The topological polar surface area (TPSA) is 12.9 Å². The van der Waals surface area contributed by atoms with Crippen molar-refractivity contribution in [1.82, 2.24) is 4.98 Å². The second kappa shape index (κ2) is 3.25. The second-order valence-corrected chi connectivity index (χ2v) is 4.06. The molecule has 1 nitrogen and oxygen atoms in total. The molecule has 0 saturated carbocycles. The van der Waals surface area contributed by atoms with Gasteiger partial charge in [0.25, 0.3) is 0 Å². The van der Waals surface area contributed by atoms with E-state index >= 15 is 0 Å². The zero-order chi connectivity index (χ0) is 10.3. The number of hydrogen-bond donors (Lipinski definition) is 0. The maximum absolute atomic E-state index is 6.15. The van der Waals surface area contributed by atoms with Gasteiger partial charge in [-0.2, -0.15) is 0 Å². The third kappa shape index (κ3) is 1.38. The molecule has 72 valence electrons. The molecule has 0 unspecified atom stereocenters. The summed E-state index contributed by atoms with van der Waals surface area (Å²) in [6.45, 7) is 6.14. The molecular formula is C12H12ClN. The number of nitrogens with zero attached hydrogens (tertiary/aromatic N) is 1. The van der Waals surface area contributed by atoms with Crippen molar-refractivity contribution in [2.75, 3.05) is 0 Å². The summed E-state index contributed by atoms with van der Waals surface area (Å²) >= 11 is 6.15. The number of benzene rings is 1. The van der Waals surface area contributed by atoms with Crippen molar-refractivity contribution in [2.45, 2.75) is 20.8 Å². The molecule has 2 heteroatoms. The molecule has 0 bridgehead atoms. The average Bonchev–Trinajstić information content (AvgIpc) is 2.12. The summed E-state index contributed by atoms with van der Waals surface area (Å²) in [5, 5.41) is 1.83. The maximum atomic E-state index is 6.15. The lowest BCUT2D eigenvalue weighted by Crippen LogP contribution is -1.90. The molecule has 2 aromatic rings. The van der Waals surface area contributed by atoms with Gasteiger partial charge in [0.15, 0.2) is 0 Å². The van der Waals surface area contributed by atoms with Crippen molar-refractivity contribution in [1.29, 1.82) is 0 Å². The number of pyridine rings is 1. The highest BCUT2D eigenvalue weighted by Crippen LogP contribution is 2.26. The van der Waals surface area contributed by atoms with Crippen molar-refractivity contribution in [3.05, 3.63) is 40.0 Å². The first-order valence-corrected chi connectivity index (χ1v) is 5.00. The van der Waals surface area contributed by atoms with Crippen molar-refractivity contribution in [3.8, 4) is 0 Å². The van der Waals surface area contributed by atoms with Crippen LogP contribution in [0.25, 0.3) is 10.9 Å². The fraction of sp³-hybridized carbons (Fsp3) is 0.250. The molecule has 0 aliphatic heterocycles. The van der Waals surface area contributed by atoms with E-state index in [-0.39, 0.29) is 0 Å². The molecular weight excluding hydrogens is 194 g/mol. The SMILES string of the molecule is Cc1cc(Cl)c2ccc(C)c(C)c2n1. The summed E-state index contributed by atoms with van der Waals surface area (Å²) in [6.07, 6.45) is 0. The highest BCUT2D eigenvalue weighted by atomic mass is 35.5. The van der Waals surface area contributed by atoms with Crippen LogP contribution < -0.4 is 0 Å². The average molecular weight is 206 g/mol. The predicted octanol–water partition coefficient (Wildman–Crippen LogP) is 3.81. The third-order valence-electron chi connectivity index (χ3n) is 2.58. The lowest BCUT2D eigenvalue weighted by Gasteiger charge is -2.07. The van der Waals surface area contributed by atoms with E-state index in [1.165, 1.54) is 11.1 Å². The minimum atomic E-state index is 0.788. The van der Waals surface area contributed by atoms with Crippen LogP contribution in [0, 0.1) is 20.8 Å². The van der Waals surface area contributed by atoms with Crippen molar-refractivity contribution >= 4 is 22.5 Å². The zero-order valence-electron chi connectivity index (χ0n) is 8.56. The number of aromatic nitrogens is 1. The van der Waals surface area contributed by atoms with Crippen LogP contribution in [-0.2, 0) is 0 Å². The number of fused-ring (bicyclic) bond motifs is 1. The Morgan fingerprint density at radius 1 is 1.14 bits per heavy atom. The molecule has 1 aromatic heterocycles. The molecule has 1 aromatic carbocycles. The molecule has 0 radical (unpaired) electrons. The van der Waals surface area contributed by atoms with Crippen LogP contribution in [0.15, 0.2) is 18.2 Å². The Labute approximate surface area is 88.7 Å². The monoisotopic (exact) mass is 205 g/mol. The van der Waals surface area contributed by atoms with Crippen LogP contribution in [0.2, 0.25) is 5.02 Å². The van der Waals surface area contributed by atoms with Gasteiger partial charge >= 0.3 is 0 Å². The fourth-order valence-corrected chi connectivity index (χ4v) is 1.92. The van der Waals surface area contributed by atoms with Gasteiger partial charge in [0.1, 0.15) is 0 Å². The van der Waals surface area contributed by atoms with Gasteiger partial charge < -0.3 is 0 Å². The standard InChI is InChI=1S/C12H12ClN/c1-7-4-5-10-11(13)6-8(2)14-12(10)9(7)3/h4-6H,1-3H3. The molecule has 0 spiro atoms. The smallest absolute Gasteiger partial charge is 0.0751 e. The molecule has 0 amide bonds. The summed E-state index contributed by atoms with van der Waals surface area (Å²) in [5.74, 6) is 0. The first-order valence-electron chi connectivity index (χ1n) is 4.62. The predicted molar refractivity (Wildman–Crippen MR) is 61.0 cm³/mol. The van der Waals surface area contributed by atoms with Crippen LogP contribution >= 0.6 is 11.6 Å². The van der Waals surface area contributed by atoms with Crippen LogP contribution in [0.5, 0.6) is 0 Å². The van der Waals surface area contributed by atoms with E-state index in [1.54, 1.807) is 0 Å². The van der Waals surface area contributed by atoms with Gasteiger partial charge in [0.2, 0.25) is 0 Å². The molecule has 0 fully saturated rings. The molecule has 0 aliphatic rings. The van der Waals surface area contributed by atoms with Gasteiger partial charge in [0.05, 0.1) is 10.5 Å². The maximum Gasteiger partial charge on any atom is 0.0751 e. The Bertz CT molecular complexity index is 503. The summed E-state index contributed by atoms with van der Waals surface area (Å²) in [4.78, 5) is 4.51. The van der Waals surface area contributed by atoms with Gasteiger partial charge in [-0.15, -0.1) is 0 Å². The number of rotatable bonds is 0. The third-order valence-corrected chi connectivity index (χ3v) is 2.90. The van der Waals surface area contributed by atoms with E-state index < -0.39 is 0 Å².